The van der Waals surface area contributed by atoms with E-state index in [0.29, 0.717) is 0 Å². The Kier molecular flexibility index (Phi) is 5.27. The zero-order valence-corrected chi connectivity index (χ0v) is 12.5. The predicted molar refractivity (Wildman–Crippen MR) is 88.0 cm³/mol. The quantitative estimate of drug-likeness (QED) is 0.863. The van der Waals surface area contributed by atoms with Crippen LogP contribution in [0.3, 0.4) is 0 Å². The molecule has 0 fully saturated rings. The molecule has 0 unspecified atom stereocenters. The maximum absolute atomic E-state index is 11.8. The van der Waals surface area contributed by atoms with Crippen molar-refractivity contribution in [1.82, 2.24) is 4.72 Å². The molecule has 0 spiro atoms. The Morgan fingerprint density at radius 3 is 1.86 bits per heavy atom. The molecule has 4 nitrogen and oxygen atoms in total. The van der Waals surface area contributed by atoms with Crippen molar-refractivity contribution in [3.8, 4) is 0 Å². The van der Waals surface area contributed by atoms with Crippen LogP contribution in [0.5, 0.6) is 0 Å². The normalized spacial score (nSPS) is 11.8. The molecule has 5 heteroatoms. The van der Waals surface area contributed by atoms with Gasteiger partial charge in [-0.25, -0.2) is 13.1 Å². The average molecular weight is 313 g/mol. The third-order valence-corrected chi connectivity index (χ3v) is 3.69. The van der Waals surface area contributed by atoms with Crippen molar-refractivity contribution in [2.24, 2.45) is 0 Å². The summed E-state index contributed by atoms with van der Waals surface area (Å²) < 4.78 is 25.5. The minimum Gasteiger partial charge on any atom is -0.269 e. The number of rotatable bonds is 5. The second kappa shape index (κ2) is 7.38. The maximum Gasteiger partial charge on any atom is 0.257 e. The van der Waals surface area contributed by atoms with Crippen LogP contribution in [-0.2, 0) is 14.8 Å². The van der Waals surface area contributed by atoms with Crippen LogP contribution in [-0.4, -0.2) is 14.3 Å². The van der Waals surface area contributed by atoms with E-state index >= 15 is 0 Å². The number of nitrogens with one attached hydrogen (secondary N) is 1. The van der Waals surface area contributed by atoms with Crippen LogP contribution in [0.15, 0.2) is 72.1 Å². The Labute approximate surface area is 129 Å². The number of hydrogen-bond donors (Lipinski definition) is 1. The summed E-state index contributed by atoms with van der Waals surface area (Å²) in [5.74, 6) is -0.693. The van der Waals surface area contributed by atoms with Crippen molar-refractivity contribution in [3.63, 3.8) is 0 Å². The van der Waals surface area contributed by atoms with Gasteiger partial charge in [0.15, 0.2) is 0 Å². The van der Waals surface area contributed by atoms with Crippen molar-refractivity contribution >= 4 is 28.1 Å². The molecule has 2 aromatic carbocycles. The van der Waals surface area contributed by atoms with E-state index in [1.54, 1.807) is 30.3 Å². The van der Waals surface area contributed by atoms with Crippen molar-refractivity contribution in [2.75, 3.05) is 0 Å². The molecule has 0 aromatic heterocycles. The van der Waals surface area contributed by atoms with E-state index in [1.165, 1.54) is 12.2 Å². The fourth-order valence-electron chi connectivity index (χ4n) is 1.68. The molecule has 22 heavy (non-hydrogen) atoms. The minimum absolute atomic E-state index is 0.693. The average Bonchev–Trinajstić information content (AvgIpc) is 2.53. The number of carbonyl (C=O) groups excluding carboxylic acids is 1. The Balaban J connectivity index is 1.98. The number of amides is 1. The van der Waals surface area contributed by atoms with Crippen molar-refractivity contribution in [1.29, 1.82) is 0 Å². The highest BCUT2D eigenvalue weighted by Crippen LogP contribution is 2.03. The van der Waals surface area contributed by atoms with E-state index in [-0.39, 0.29) is 0 Å². The molecular weight excluding hydrogens is 298 g/mol. The second-order valence-corrected chi connectivity index (χ2v) is 6.04. The van der Waals surface area contributed by atoms with Crippen molar-refractivity contribution < 1.29 is 13.2 Å². The third kappa shape index (κ3) is 5.38. The monoisotopic (exact) mass is 313 g/mol. The highest BCUT2D eigenvalue weighted by molar-refractivity contribution is 7.93. The van der Waals surface area contributed by atoms with Gasteiger partial charge in [-0.15, -0.1) is 0 Å². The van der Waals surface area contributed by atoms with Crippen LogP contribution in [0.2, 0.25) is 0 Å². The van der Waals surface area contributed by atoms with Gasteiger partial charge in [0.1, 0.15) is 0 Å². The molecule has 0 atom stereocenters. The van der Waals surface area contributed by atoms with E-state index in [1.807, 2.05) is 41.1 Å². The summed E-state index contributed by atoms with van der Waals surface area (Å²) in [5, 5.41) is 0.969. The zero-order chi connectivity index (χ0) is 15.8. The van der Waals surface area contributed by atoms with Gasteiger partial charge >= 0.3 is 0 Å². The van der Waals surface area contributed by atoms with Crippen molar-refractivity contribution in [2.45, 2.75) is 0 Å². The van der Waals surface area contributed by atoms with Crippen LogP contribution in [0.25, 0.3) is 12.2 Å². The largest absolute Gasteiger partial charge is 0.269 e. The second-order valence-electron chi connectivity index (χ2n) is 4.47. The summed E-state index contributed by atoms with van der Waals surface area (Å²) >= 11 is 0. The van der Waals surface area contributed by atoms with Gasteiger partial charge in [0.05, 0.1) is 5.41 Å². The Hall–Kier alpha value is -2.66. The maximum atomic E-state index is 11.8. The Morgan fingerprint density at radius 1 is 0.818 bits per heavy atom. The van der Waals surface area contributed by atoms with Gasteiger partial charge in [0, 0.05) is 6.08 Å². The summed E-state index contributed by atoms with van der Waals surface area (Å²) in [6, 6.07) is 18.1. The third-order valence-electron chi connectivity index (χ3n) is 2.71. The SMILES string of the molecule is O=C(/C=C/c1ccccc1)NS(=O)(=O)/C=C/c1ccccc1. The van der Waals surface area contributed by atoms with Crippen LogP contribution in [0, 0.1) is 0 Å². The fourth-order valence-corrected chi connectivity index (χ4v) is 2.43. The highest BCUT2D eigenvalue weighted by Gasteiger charge is 2.08. The lowest BCUT2D eigenvalue weighted by atomic mass is 10.2. The molecule has 0 radical (unpaired) electrons. The summed E-state index contributed by atoms with van der Waals surface area (Å²) in [7, 11) is -3.81. The summed E-state index contributed by atoms with van der Waals surface area (Å²) in [6.07, 6.45) is 4.16. The molecule has 112 valence electrons. The molecule has 1 N–H and O–H groups in total. The van der Waals surface area contributed by atoms with Crippen LogP contribution >= 0.6 is 0 Å². The highest BCUT2D eigenvalue weighted by atomic mass is 32.2. The van der Waals surface area contributed by atoms with Gasteiger partial charge in [-0.3, -0.25) is 4.79 Å². The molecule has 2 aromatic rings. The van der Waals surface area contributed by atoms with Gasteiger partial charge in [-0.05, 0) is 23.3 Å². The van der Waals surface area contributed by atoms with Gasteiger partial charge in [0.2, 0.25) is 0 Å². The predicted octanol–water partition coefficient (Wildman–Crippen LogP) is 2.82. The molecule has 0 aliphatic carbocycles. The van der Waals surface area contributed by atoms with Gasteiger partial charge in [0.25, 0.3) is 15.9 Å². The number of sulfonamides is 1. The first-order valence-electron chi connectivity index (χ1n) is 6.58. The van der Waals surface area contributed by atoms with Crippen LogP contribution in [0.1, 0.15) is 11.1 Å². The molecule has 0 heterocycles. The summed E-state index contributed by atoms with van der Waals surface area (Å²) in [4.78, 5) is 11.6. The van der Waals surface area contributed by atoms with Gasteiger partial charge in [-0.1, -0.05) is 60.7 Å². The number of carbonyl (C=O) groups is 1. The lowest BCUT2D eigenvalue weighted by molar-refractivity contribution is -0.114. The first kappa shape index (κ1) is 15.7. The summed E-state index contributed by atoms with van der Waals surface area (Å²) in [6.45, 7) is 0. The smallest absolute Gasteiger partial charge is 0.257 e. The lowest BCUT2D eigenvalue weighted by Gasteiger charge is -1.99. The first-order chi connectivity index (χ1) is 10.6. The van der Waals surface area contributed by atoms with E-state index in [0.717, 1.165) is 16.5 Å². The van der Waals surface area contributed by atoms with Crippen LogP contribution in [0.4, 0.5) is 0 Å². The standard InChI is InChI=1S/C17H15NO3S/c19-17(12-11-15-7-3-1-4-8-15)18-22(20,21)14-13-16-9-5-2-6-10-16/h1-14H,(H,18,19)/b12-11+,14-13+. The van der Waals surface area contributed by atoms with E-state index in [9.17, 15) is 13.2 Å². The van der Waals surface area contributed by atoms with E-state index in [2.05, 4.69) is 0 Å². The number of benzene rings is 2. The van der Waals surface area contributed by atoms with Gasteiger partial charge in [-0.2, -0.15) is 0 Å². The molecule has 0 aliphatic heterocycles. The molecule has 0 saturated heterocycles. The summed E-state index contributed by atoms with van der Waals surface area (Å²) in [5.41, 5.74) is 1.55. The van der Waals surface area contributed by atoms with E-state index in [4.69, 9.17) is 0 Å². The zero-order valence-electron chi connectivity index (χ0n) is 11.7. The van der Waals surface area contributed by atoms with Gasteiger partial charge < -0.3 is 0 Å². The fraction of sp³-hybridized carbons (Fsp3) is 0. The molecule has 2 rings (SSSR count). The molecule has 0 bridgehead atoms. The first-order valence-corrected chi connectivity index (χ1v) is 8.13. The molecular formula is C17H15NO3S. The molecule has 1 amide bonds. The van der Waals surface area contributed by atoms with Crippen LogP contribution < -0.4 is 4.72 Å². The Bertz CT molecular complexity index is 779. The lowest BCUT2D eigenvalue weighted by Crippen LogP contribution is -2.26. The molecule has 0 saturated carbocycles. The molecule has 0 aliphatic rings. The van der Waals surface area contributed by atoms with Crippen molar-refractivity contribution in [3.05, 3.63) is 83.3 Å². The Morgan fingerprint density at radius 2 is 1.32 bits per heavy atom. The minimum atomic E-state index is -3.81. The topological polar surface area (TPSA) is 63.2 Å². The number of hydrogen-bond acceptors (Lipinski definition) is 3. The van der Waals surface area contributed by atoms with E-state index < -0.39 is 15.9 Å².